The molecule has 0 atom stereocenters. The summed E-state index contributed by atoms with van der Waals surface area (Å²) in [6, 6.07) is 22.6. The van der Waals surface area contributed by atoms with Gasteiger partial charge in [-0.25, -0.2) is 9.59 Å². The first-order valence-electron chi connectivity index (χ1n) is 9.91. The van der Waals surface area contributed by atoms with E-state index in [1.165, 1.54) is 0 Å². The van der Waals surface area contributed by atoms with E-state index >= 15 is 0 Å². The van der Waals surface area contributed by atoms with Gasteiger partial charge in [0.25, 0.3) is 5.91 Å². The fraction of sp³-hybridized carbons (Fsp3) is 0.0800. The summed E-state index contributed by atoms with van der Waals surface area (Å²) in [6.45, 7) is 4.15. The number of carbonyl (C=O) groups excluding carboxylic acids is 2. The number of amides is 3. The number of aliphatic carboxylic acids is 1. The number of rotatable bonds is 8. The Morgan fingerprint density at radius 3 is 2.16 bits per heavy atom. The zero-order valence-corrected chi connectivity index (χ0v) is 17.3. The minimum Gasteiger partial charge on any atom is -0.478 e. The highest BCUT2D eigenvalue weighted by Crippen LogP contribution is 2.15. The molecule has 3 amide bonds. The van der Waals surface area contributed by atoms with Crippen molar-refractivity contribution in [2.24, 2.45) is 0 Å². The van der Waals surface area contributed by atoms with Crippen molar-refractivity contribution in [3.8, 4) is 0 Å². The van der Waals surface area contributed by atoms with E-state index in [-0.39, 0.29) is 24.1 Å². The summed E-state index contributed by atoms with van der Waals surface area (Å²) >= 11 is 0. The van der Waals surface area contributed by atoms with E-state index in [2.05, 4.69) is 22.5 Å². The molecular weight excluding hydrogens is 406 g/mol. The molecule has 3 aromatic carbocycles. The van der Waals surface area contributed by atoms with Gasteiger partial charge in [-0.15, -0.1) is 0 Å². The lowest BCUT2D eigenvalue weighted by atomic mass is 10.0. The van der Waals surface area contributed by atoms with Crippen molar-refractivity contribution < 1.29 is 19.5 Å². The number of benzene rings is 3. The average Bonchev–Trinajstić information content (AvgIpc) is 2.81. The molecule has 7 heteroatoms. The molecule has 0 aliphatic carbocycles. The van der Waals surface area contributed by atoms with E-state index < -0.39 is 5.97 Å². The Morgan fingerprint density at radius 1 is 0.750 bits per heavy atom. The molecule has 0 spiro atoms. The smallest absolute Gasteiger partial charge is 0.335 e. The van der Waals surface area contributed by atoms with Crippen LogP contribution < -0.4 is 16.0 Å². The zero-order chi connectivity index (χ0) is 22.9. The Kier molecular flexibility index (Phi) is 7.37. The Hall–Kier alpha value is -4.39. The number of anilines is 1. The SMILES string of the molecule is C=C(C(=O)O)c1cccc(CNC(=O)c2cccc(NC(=O)NCc3ccccc3)c2)c1. The van der Waals surface area contributed by atoms with E-state index in [4.69, 9.17) is 5.11 Å². The summed E-state index contributed by atoms with van der Waals surface area (Å²) < 4.78 is 0. The van der Waals surface area contributed by atoms with Crippen LogP contribution in [0, 0.1) is 0 Å². The number of hydrogen-bond donors (Lipinski definition) is 4. The predicted molar refractivity (Wildman–Crippen MR) is 123 cm³/mol. The molecule has 0 fully saturated rings. The van der Waals surface area contributed by atoms with Gasteiger partial charge >= 0.3 is 12.0 Å². The molecule has 0 unspecified atom stereocenters. The summed E-state index contributed by atoms with van der Waals surface area (Å²) in [4.78, 5) is 35.8. The lowest BCUT2D eigenvalue weighted by Gasteiger charge is -2.10. The standard InChI is InChI=1S/C25H23N3O4/c1-17(24(30)31)20-10-5-9-19(13-20)16-26-23(29)21-11-6-12-22(14-21)28-25(32)27-15-18-7-3-2-4-8-18/h2-14H,1,15-16H2,(H,26,29)(H,30,31)(H2,27,28,32). The predicted octanol–water partition coefficient (Wildman–Crippen LogP) is 4.04. The molecule has 0 bridgehead atoms. The van der Waals surface area contributed by atoms with Crippen LogP contribution >= 0.6 is 0 Å². The van der Waals surface area contributed by atoms with Gasteiger partial charge in [-0.3, -0.25) is 4.79 Å². The first-order chi connectivity index (χ1) is 15.4. The maximum absolute atomic E-state index is 12.5. The molecule has 4 N–H and O–H groups in total. The van der Waals surface area contributed by atoms with E-state index in [0.717, 1.165) is 11.1 Å². The van der Waals surface area contributed by atoms with Gasteiger partial charge in [0.15, 0.2) is 0 Å². The summed E-state index contributed by atoms with van der Waals surface area (Å²) in [5.41, 5.74) is 3.07. The Balaban J connectivity index is 1.56. The van der Waals surface area contributed by atoms with Crippen molar-refractivity contribution >= 4 is 29.2 Å². The van der Waals surface area contributed by atoms with Crippen molar-refractivity contribution in [1.29, 1.82) is 0 Å². The second-order valence-corrected chi connectivity index (χ2v) is 7.04. The van der Waals surface area contributed by atoms with Crippen molar-refractivity contribution in [3.63, 3.8) is 0 Å². The zero-order valence-electron chi connectivity index (χ0n) is 17.3. The third-order valence-corrected chi connectivity index (χ3v) is 4.67. The second-order valence-electron chi connectivity index (χ2n) is 7.04. The highest BCUT2D eigenvalue weighted by Gasteiger charge is 2.10. The molecule has 0 aliphatic heterocycles. The van der Waals surface area contributed by atoms with Crippen LogP contribution in [-0.2, 0) is 17.9 Å². The summed E-state index contributed by atoms with van der Waals surface area (Å²) in [6.07, 6.45) is 0. The number of carboxylic acids is 1. The normalized spacial score (nSPS) is 10.1. The van der Waals surface area contributed by atoms with Gasteiger partial charge in [-0.1, -0.05) is 61.2 Å². The van der Waals surface area contributed by atoms with Crippen LogP contribution in [-0.4, -0.2) is 23.0 Å². The molecule has 3 rings (SSSR count). The van der Waals surface area contributed by atoms with Crippen LogP contribution in [0.3, 0.4) is 0 Å². The highest BCUT2D eigenvalue weighted by atomic mass is 16.4. The molecule has 0 saturated heterocycles. The van der Waals surface area contributed by atoms with Crippen LogP contribution in [0.15, 0.2) is 85.4 Å². The second kappa shape index (κ2) is 10.6. The highest BCUT2D eigenvalue weighted by molar-refractivity contribution is 6.14. The van der Waals surface area contributed by atoms with Gasteiger partial charge in [0.1, 0.15) is 0 Å². The summed E-state index contributed by atoms with van der Waals surface area (Å²) in [5.74, 6) is -1.41. The van der Waals surface area contributed by atoms with Crippen molar-refractivity contribution in [2.75, 3.05) is 5.32 Å². The lowest BCUT2D eigenvalue weighted by Crippen LogP contribution is -2.28. The Labute approximate surface area is 185 Å². The lowest BCUT2D eigenvalue weighted by molar-refractivity contribution is -0.130. The first-order valence-corrected chi connectivity index (χ1v) is 9.91. The van der Waals surface area contributed by atoms with Gasteiger partial charge < -0.3 is 21.1 Å². The van der Waals surface area contributed by atoms with Crippen molar-refractivity contribution in [3.05, 3.63) is 108 Å². The fourth-order valence-corrected chi connectivity index (χ4v) is 2.97. The third kappa shape index (κ3) is 6.30. The van der Waals surface area contributed by atoms with Crippen molar-refractivity contribution in [1.82, 2.24) is 10.6 Å². The third-order valence-electron chi connectivity index (χ3n) is 4.67. The van der Waals surface area contributed by atoms with Gasteiger partial charge in [-0.2, -0.15) is 0 Å². The molecule has 0 aromatic heterocycles. The monoisotopic (exact) mass is 429 g/mol. The fourth-order valence-electron chi connectivity index (χ4n) is 2.97. The minimum absolute atomic E-state index is 0.0116. The molecular formula is C25H23N3O4. The molecule has 0 saturated carbocycles. The molecule has 0 radical (unpaired) electrons. The Morgan fingerprint density at radius 2 is 1.41 bits per heavy atom. The van der Waals surface area contributed by atoms with Crippen LogP contribution in [0.2, 0.25) is 0 Å². The Bertz CT molecular complexity index is 1140. The average molecular weight is 429 g/mol. The number of carboxylic acid groups (broad SMARTS) is 1. The van der Waals surface area contributed by atoms with Crippen LogP contribution in [0.25, 0.3) is 5.57 Å². The molecule has 0 aliphatic rings. The maximum atomic E-state index is 12.5. The van der Waals surface area contributed by atoms with Crippen LogP contribution in [0.1, 0.15) is 27.0 Å². The maximum Gasteiger partial charge on any atom is 0.335 e. The molecule has 3 aromatic rings. The number of hydrogen-bond acceptors (Lipinski definition) is 3. The number of urea groups is 1. The van der Waals surface area contributed by atoms with E-state index in [9.17, 15) is 14.4 Å². The van der Waals surface area contributed by atoms with Gasteiger partial charge in [0.05, 0.1) is 5.57 Å². The van der Waals surface area contributed by atoms with Gasteiger partial charge in [0, 0.05) is 24.3 Å². The van der Waals surface area contributed by atoms with E-state index in [1.54, 1.807) is 48.5 Å². The first kappa shape index (κ1) is 22.3. The largest absolute Gasteiger partial charge is 0.478 e. The quantitative estimate of drug-likeness (QED) is 0.405. The van der Waals surface area contributed by atoms with E-state index in [1.807, 2.05) is 30.3 Å². The summed E-state index contributed by atoms with van der Waals surface area (Å²) in [5, 5.41) is 17.3. The van der Waals surface area contributed by atoms with Crippen molar-refractivity contribution in [2.45, 2.75) is 13.1 Å². The molecule has 7 nitrogen and oxygen atoms in total. The van der Waals surface area contributed by atoms with E-state index in [0.29, 0.717) is 23.4 Å². The van der Waals surface area contributed by atoms with Crippen LogP contribution in [0.4, 0.5) is 10.5 Å². The van der Waals surface area contributed by atoms with Gasteiger partial charge in [0.2, 0.25) is 0 Å². The number of carbonyl (C=O) groups is 3. The topological polar surface area (TPSA) is 108 Å². The number of nitrogens with one attached hydrogen (secondary N) is 3. The minimum atomic E-state index is -1.09. The molecule has 32 heavy (non-hydrogen) atoms. The summed E-state index contributed by atoms with van der Waals surface area (Å²) in [7, 11) is 0. The molecule has 0 heterocycles. The van der Waals surface area contributed by atoms with Gasteiger partial charge in [-0.05, 0) is 41.0 Å². The molecule has 162 valence electrons. The van der Waals surface area contributed by atoms with Crippen LogP contribution in [0.5, 0.6) is 0 Å².